The maximum Gasteiger partial charge on any atom is 0.237 e. The van der Waals surface area contributed by atoms with Gasteiger partial charge in [0, 0.05) is 12.2 Å². The molecule has 0 fully saturated rings. The van der Waals surface area contributed by atoms with E-state index in [0.29, 0.717) is 13.1 Å². The summed E-state index contributed by atoms with van der Waals surface area (Å²) in [4.78, 5) is 18.0. The fourth-order valence-corrected chi connectivity index (χ4v) is 1.57. The molecule has 1 amide bonds. The molecular weight excluding hydrogens is 226 g/mol. The van der Waals surface area contributed by atoms with Crippen molar-refractivity contribution in [2.24, 2.45) is 0 Å². The van der Waals surface area contributed by atoms with Gasteiger partial charge in [0.05, 0.1) is 25.3 Å². The molecule has 96 valence electrons. The lowest BCUT2D eigenvalue weighted by Crippen LogP contribution is -2.42. The van der Waals surface area contributed by atoms with Crippen LogP contribution < -0.4 is 5.32 Å². The molecule has 1 rings (SSSR count). The zero-order chi connectivity index (χ0) is 13.4. The normalized spacial score (nSPS) is 10.1. The van der Waals surface area contributed by atoms with E-state index in [1.165, 1.54) is 0 Å². The van der Waals surface area contributed by atoms with Crippen LogP contribution in [0.4, 0.5) is 0 Å². The summed E-state index contributed by atoms with van der Waals surface area (Å²) in [5.41, 5.74) is 0.886. The third-order valence-corrected chi connectivity index (χ3v) is 2.51. The molecule has 1 aromatic heterocycles. The topological polar surface area (TPSA) is 45.2 Å². The van der Waals surface area contributed by atoms with Crippen molar-refractivity contribution in [3.05, 3.63) is 30.1 Å². The second-order valence-corrected chi connectivity index (χ2v) is 4.24. The number of hydrogen-bond donors (Lipinski definition) is 1. The van der Waals surface area contributed by atoms with E-state index in [4.69, 9.17) is 6.42 Å². The minimum atomic E-state index is 0.0332. The highest BCUT2D eigenvalue weighted by molar-refractivity contribution is 5.78. The van der Waals surface area contributed by atoms with Gasteiger partial charge >= 0.3 is 0 Å². The molecule has 0 saturated heterocycles. The second kappa shape index (κ2) is 7.46. The van der Waals surface area contributed by atoms with Gasteiger partial charge in [0.15, 0.2) is 0 Å². The van der Waals surface area contributed by atoms with Crippen LogP contribution in [-0.4, -0.2) is 34.9 Å². The number of pyridine rings is 1. The van der Waals surface area contributed by atoms with Crippen molar-refractivity contribution in [3.8, 4) is 12.3 Å². The van der Waals surface area contributed by atoms with Crippen LogP contribution in [0.5, 0.6) is 0 Å². The highest BCUT2D eigenvalue weighted by atomic mass is 16.2. The van der Waals surface area contributed by atoms with Crippen molar-refractivity contribution in [1.29, 1.82) is 0 Å². The van der Waals surface area contributed by atoms with E-state index >= 15 is 0 Å². The van der Waals surface area contributed by atoms with Crippen molar-refractivity contribution in [1.82, 2.24) is 15.2 Å². The van der Waals surface area contributed by atoms with Crippen LogP contribution >= 0.6 is 0 Å². The molecule has 0 saturated carbocycles. The quantitative estimate of drug-likeness (QED) is 0.601. The van der Waals surface area contributed by atoms with E-state index in [1.54, 1.807) is 11.1 Å². The smallest absolute Gasteiger partial charge is 0.237 e. The highest BCUT2D eigenvalue weighted by Gasteiger charge is 2.16. The van der Waals surface area contributed by atoms with Crippen molar-refractivity contribution in [3.63, 3.8) is 0 Å². The molecule has 1 aromatic rings. The van der Waals surface area contributed by atoms with Gasteiger partial charge in [-0.2, -0.15) is 0 Å². The molecule has 0 spiro atoms. The van der Waals surface area contributed by atoms with Gasteiger partial charge in [-0.05, 0) is 26.0 Å². The van der Waals surface area contributed by atoms with Gasteiger partial charge in [0.25, 0.3) is 0 Å². The minimum absolute atomic E-state index is 0.0332. The van der Waals surface area contributed by atoms with Crippen LogP contribution in [0.1, 0.15) is 19.5 Å². The Morgan fingerprint density at radius 3 is 2.89 bits per heavy atom. The molecule has 0 aliphatic carbocycles. The van der Waals surface area contributed by atoms with Crippen molar-refractivity contribution in [2.75, 3.05) is 13.1 Å². The van der Waals surface area contributed by atoms with E-state index in [9.17, 15) is 4.79 Å². The monoisotopic (exact) mass is 245 g/mol. The largest absolute Gasteiger partial charge is 0.333 e. The van der Waals surface area contributed by atoms with Crippen LogP contribution in [-0.2, 0) is 11.3 Å². The Balaban J connectivity index is 2.60. The van der Waals surface area contributed by atoms with Gasteiger partial charge in [-0.25, -0.2) is 0 Å². The van der Waals surface area contributed by atoms with Crippen molar-refractivity contribution < 1.29 is 4.79 Å². The molecule has 0 bridgehead atoms. The zero-order valence-electron chi connectivity index (χ0n) is 10.9. The number of carbonyl (C=O) groups is 1. The predicted octanol–water partition coefficient (Wildman–Crippen LogP) is 1.04. The molecule has 4 nitrogen and oxygen atoms in total. The minimum Gasteiger partial charge on any atom is -0.333 e. The molecule has 0 aliphatic rings. The first-order chi connectivity index (χ1) is 8.65. The van der Waals surface area contributed by atoms with E-state index in [-0.39, 0.29) is 18.5 Å². The summed E-state index contributed by atoms with van der Waals surface area (Å²) < 4.78 is 0. The summed E-state index contributed by atoms with van der Waals surface area (Å²) >= 11 is 0. The standard InChI is InChI=1S/C14H19N3O/c1-4-8-15-10-14(18)17(12(2)3)11-13-7-5-6-9-16-13/h1,5-7,9,12,15H,8,10-11H2,2-3H3. The van der Waals surface area contributed by atoms with Crippen molar-refractivity contribution >= 4 is 5.91 Å². The van der Waals surface area contributed by atoms with Gasteiger partial charge in [0.2, 0.25) is 5.91 Å². The lowest BCUT2D eigenvalue weighted by molar-refractivity contribution is -0.132. The SMILES string of the molecule is C#CCNCC(=O)N(Cc1ccccn1)C(C)C. The summed E-state index contributed by atoms with van der Waals surface area (Å²) in [6.45, 7) is 5.16. The lowest BCUT2D eigenvalue weighted by Gasteiger charge is -2.26. The van der Waals surface area contributed by atoms with Crippen LogP contribution in [0.3, 0.4) is 0 Å². The van der Waals surface area contributed by atoms with Gasteiger partial charge in [0.1, 0.15) is 0 Å². The number of hydrogen-bond acceptors (Lipinski definition) is 3. The predicted molar refractivity (Wildman–Crippen MR) is 71.6 cm³/mol. The molecule has 18 heavy (non-hydrogen) atoms. The molecule has 4 heteroatoms. The number of nitrogens with one attached hydrogen (secondary N) is 1. The average molecular weight is 245 g/mol. The molecule has 0 unspecified atom stereocenters. The van der Waals surface area contributed by atoms with Gasteiger partial charge in [-0.3, -0.25) is 15.1 Å². The number of carbonyl (C=O) groups excluding carboxylic acids is 1. The third kappa shape index (κ3) is 4.56. The van der Waals surface area contributed by atoms with E-state index < -0.39 is 0 Å². The van der Waals surface area contributed by atoms with Crippen LogP contribution in [0, 0.1) is 12.3 Å². The van der Waals surface area contributed by atoms with Gasteiger partial charge in [-0.15, -0.1) is 6.42 Å². The fraction of sp³-hybridized carbons (Fsp3) is 0.429. The number of rotatable bonds is 6. The molecular formula is C14H19N3O. The first kappa shape index (κ1) is 14.2. The number of aromatic nitrogens is 1. The molecule has 0 radical (unpaired) electrons. The maximum atomic E-state index is 12.0. The molecule has 1 heterocycles. The number of nitrogens with zero attached hydrogens (tertiary/aromatic N) is 2. The summed E-state index contributed by atoms with van der Waals surface area (Å²) in [5, 5.41) is 2.91. The van der Waals surface area contributed by atoms with E-state index in [1.807, 2.05) is 32.0 Å². The Morgan fingerprint density at radius 2 is 2.33 bits per heavy atom. The number of terminal acetylenes is 1. The van der Waals surface area contributed by atoms with Crippen molar-refractivity contribution in [2.45, 2.75) is 26.4 Å². The second-order valence-electron chi connectivity index (χ2n) is 4.24. The lowest BCUT2D eigenvalue weighted by atomic mass is 10.2. The number of amides is 1. The highest BCUT2D eigenvalue weighted by Crippen LogP contribution is 2.06. The first-order valence-electron chi connectivity index (χ1n) is 5.98. The summed E-state index contributed by atoms with van der Waals surface area (Å²) in [7, 11) is 0. The van der Waals surface area contributed by atoms with Crippen LogP contribution in [0.15, 0.2) is 24.4 Å². The first-order valence-corrected chi connectivity index (χ1v) is 5.98. The molecule has 0 atom stereocenters. The Hall–Kier alpha value is -1.86. The van der Waals surface area contributed by atoms with Gasteiger partial charge in [-0.1, -0.05) is 12.0 Å². The summed E-state index contributed by atoms with van der Waals surface area (Å²) in [5.74, 6) is 2.48. The van der Waals surface area contributed by atoms with E-state index in [2.05, 4.69) is 16.2 Å². The Bertz CT molecular complexity index is 409. The molecule has 0 aliphatic heterocycles. The van der Waals surface area contributed by atoms with Gasteiger partial charge < -0.3 is 4.90 Å². The Morgan fingerprint density at radius 1 is 1.56 bits per heavy atom. The van der Waals surface area contributed by atoms with Crippen LogP contribution in [0.2, 0.25) is 0 Å². The average Bonchev–Trinajstić information content (AvgIpc) is 2.37. The van der Waals surface area contributed by atoms with Crippen LogP contribution in [0.25, 0.3) is 0 Å². The molecule has 0 aromatic carbocycles. The summed E-state index contributed by atoms with van der Waals surface area (Å²) in [6, 6.07) is 5.83. The fourth-order valence-electron chi connectivity index (χ4n) is 1.57. The Labute approximate surface area is 108 Å². The third-order valence-electron chi connectivity index (χ3n) is 2.51. The molecule has 1 N–H and O–H groups in total. The summed E-state index contributed by atoms with van der Waals surface area (Å²) in [6.07, 6.45) is 6.86. The Kier molecular flexibility index (Phi) is 5.89. The zero-order valence-corrected chi connectivity index (χ0v) is 10.9. The van der Waals surface area contributed by atoms with E-state index in [0.717, 1.165) is 5.69 Å². The maximum absolute atomic E-state index is 12.0.